The average Bonchev–Trinajstić information content (AvgIpc) is 2.37. The zero-order chi connectivity index (χ0) is 13.3. The monoisotopic (exact) mass is 297 g/mol. The van der Waals surface area contributed by atoms with E-state index in [1.165, 1.54) is 0 Å². The van der Waals surface area contributed by atoms with Crippen LogP contribution in [-0.4, -0.2) is 4.98 Å². The van der Waals surface area contributed by atoms with E-state index in [0.29, 0.717) is 21.2 Å². The van der Waals surface area contributed by atoms with E-state index < -0.39 is 0 Å². The first kappa shape index (κ1) is 13.0. The van der Waals surface area contributed by atoms with Gasteiger partial charge < -0.3 is 5.73 Å². The predicted molar refractivity (Wildman–Crippen MR) is 73.8 cm³/mol. The third kappa shape index (κ3) is 2.23. The van der Waals surface area contributed by atoms with Crippen molar-refractivity contribution in [3.8, 4) is 17.2 Å². The van der Waals surface area contributed by atoms with Crippen molar-refractivity contribution in [1.82, 2.24) is 4.98 Å². The normalized spacial score (nSPS) is 10.1. The Morgan fingerprint density at radius 2 is 1.67 bits per heavy atom. The molecule has 2 aromatic rings. The molecule has 6 heteroatoms. The summed E-state index contributed by atoms with van der Waals surface area (Å²) in [6.45, 7) is 0. The molecule has 0 spiro atoms. The fraction of sp³-hybridized carbons (Fsp3) is 0. The number of halogens is 3. The van der Waals surface area contributed by atoms with Crippen molar-refractivity contribution in [2.24, 2.45) is 0 Å². The van der Waals surface area contributed by atoms with Gasteiger partial charge in [-0.3, -0.25) is 0 Å². The van der Waals surface area contributed by atoms with Crippen LogP contribution in [0.25, 0.3) is 11.1 Å². The SMILES string of the molecule is N#Cc1ccc(-c2ccc(Cl)c(Cl)c2Cl)c(N)n1. The van der Waals surface area contributed by atoms with Crippen molar-refractivity contribution in [1.29, 1.82) is 5.26 Å². The van der Waals surface area contributed by atoms with Crippen molar-refractivity contribution in [2.45, 2.75) is 0 Å². The molecule has 0 aliphatic heterocycles. The van der Waals surface area contributed by atoms with E-state index in [1.54, 1.807) is 24.3 Å². The Hall–Kier alpha value is -1.47. The van der Waals surface area contributed by atoms with Crippen molar-refractivity contribution in [3.05, 3.63) is 45.0 Å². The first-order valence-electron chi connectivity index (χ1n) is 4.85. The van der Waals surface area contributed by atoms with Crippen LogP contribution in [-0.2, 0) is 0 Å². The minimum atomic E-state index is 0.217. The molecule has 0 saturated heterocycles. The maximum absolute atomic E-state index is 8.73. The van der Waals surface area contributed by atoms with E-state index in [9.17, 15) is 0 Å². The second-order valence-electron chi connectivity index (χ2n) is 3.46. The number of hydrogen-bond donors (Lipinski definition) is 1. The number of nitriles is 1. The highest BCUT2D eigenvalue weighted by atomic mass is 35.5. The molecule has 0 fully saturated rings. The van der Waals surface area contributed by atoms with Gasteiger partial charge in [-0.2, -0.15) is 5.26 Å². The summed E-state index contributed by atoms with van der Waals surface area (Å²) in [5.74, 6) is 0.217. The number of nitrogens with zero attached hydrogens (tertiary/aromatic N) is 2. The molecular formula is C12H6Cl3N3. The zero-order valence-electron chi connectivity index (χ0n) is 8.92. The number of aromatic nitrogens is 1. The minimum absolute atomic E-state index is 0.217. The molecule has 2 N–H and O–H groups in total. The van der Waals surface area contributed by atoms with Gasteiger partial charge in [-0.1, -0.05) is 40.9 Å². The lowest BCUT2D eigenvalue weighted by molar-refractivity contribution is 1.27. The van der Waals surface area contributed by atoms with Crippen molar-refractivity contribution in [3.63, 3.8) is 0 Å². The summed E-state index contributed by atoms with van der Waals surface area (Å²) in [7, 11) is 0. The Morgan fingerprint density at radius 3 is 2.28 bits per heavy atom. The Labute approximate surface area is 119 Å². The molecule has 0 atom stereocenters. The molecule has 0 unspecified atom stereocenters. The van der Waals surface area contributed by atoms with E-state index in [1.807, 2.05) is 6.07 Å². The maximum atomic E-state index is 8.73. The van der Waals surface area contributed by atoms with E-state index >= 15 is 0 Å². The van der Waals surface area contributed by atoms with Gasteiger partial charge >= 0.3 is 0 Å². The summed E-state index contributed by atoms with van der Waals surface area (Å²) >= 11 is 17.9. The van der Waals surface area contributed by atoms with E-state index in [0.717, 1.165) is 0 Å². The van der Waals surface area contributed by atoms with Crippen LogP contribution in [0, 0.1) is 11.3 Å². The Kier molecular flexibility index (Phi) is 3.63. The number of pyridine rings is 1. The summed E-state index contributed by atoms with van der Waals surface area (Å²) in [5.41, 5.74) is 7.27. The molecule has 2 rings (SSSR count). The van der Waals surface area contributed by atoms with Gasteiger partial charge in [0.05, 0.1) is 15.1 Å². The number of nitrogen functional groups attached to an aromatic ring is 1. The number of nitrogens with two attached hydrogens (primary N) is 1. The van der Waals surface area contributed by atoms with Gasteiger partial charge in [-0.25, -0.2) is 4.98 Å². The summed E-state index contributed by atoms with van der Waals surface area (Å²) in [6.07, 6.45) is 0. The summed E-state index contributed by atoms with van der Waals surface area (Å²) in [4.78, 5) is 3.94. The predicted octanol–water partition coefficient (Wildman–Crippen LogP) is 4.16. The Balaban J connectivity index is 2.64. The zero-order valence-corrected chi connectivity index (χ0v) is 11.2. The molecule has 3 nitrogen and oxygen atoms in total. The highest BCUT2D eigenvalue weighted by Gasteiger charge is 2.13. The van der Waals surface area contributed by atoms with Crippen molar-refractivity contribution >= 4 is 40.6 Å². The number of anilines is 1. The van der Waals surface area contributed by atoms with Gasteiger partial charge in [0, 0.05) is 11.1 Å². The second kappa shape index (κ2) is 5.03. The highest BCUT2D eigenvalue weighted by molar-refractivity contribution is 6.49. The third-order valence-corrected chi connectivity index (χ3v) is 3.66. The molecule has 0 bridgehead atoms. The van der Waals surface area contributed by atoms with Crippen LogP contribution in [0.1, 0.15) is 5.69 Å². The number of rotatable bonds is 1. The molecule has 0 radical (unpaired) electrons. The van der Waals surface area contributed by atoms with Gasteiger partial charge in [0.1, 0.15) is 17.6 Å². The summed E-state index contributed by atoms with van der Waals surface area (Å²) < 4.78 is 0. The van der Waals surface area contributed by atoms with Crippen LogP contribution in [0.15, 0.2) is 24.3 Å². The van der Waals surface area contributed by atoms with Gasteiger partial charge in [-0.05, 0) is 18.2 Å². The molecular weight excluding hydrogens is 293 g/mol. The Morgan fingerprint density at radius 1 is 1.00 bits per heavy atom. The van der Waals surface area contributed by atoms with Crippen LogP contribution in [0.4, 0.5) is 5.82 Å². The Bertz CT molecular complexity index is 662. The van der Waals surface area contributed by atoms with E-state index in [2.05, 4.69) is 4.98 Å². The largest absolute Gasteiger partial charge is 0.383 e. The number of benzene rings is 1. The van der Waals surface area contributed by atoms with Crippen LogP contribution in [0.3, 0.4) is 0 Å². The van der Waals surface area contributed by atoms with Crippen LogP contribution >= 0.6 is 34.8 Å². The van der Waals surface area contributed by atoms with Crippen molar-refractivity contribution < 1.29 is 0 Å². The lowest BCUT2D eigenvalue weighted by atomic mass is 10.1. The molecule has 1 aromatic carbocycles. The third-order valence-electron chi connectivity index (χ3n) is 2.36. The van der Waals surface area contributed by atoms with Crippen LogP contribution < -0.4 is 5.73 Å². The molecule has 1 aromatic heterocycles. The lowest BCUT2D eigenvalue weighted by Crippen LogP contribution is -1.96. The molecule has 0 amide bonds. The average molecular weight is 299 g/mol. The van der Waals surface area contributed by atoms with Crippen LogP contribution in [0.5, 0.6) is 0 Å². The fourth-order valence-electron chi connectivity index (χ4n) is 1.50. The first-order valence-corrected chi connectivity index (χ1v) is 5.98. The molecule has 1 heterocycles. The minimum Gasteiger partial charge on any atom is -0.383 e. The fourth-order valence-corrected chi connectivity index (χ4v) is 2.14. The maximum Gasteiger partial charge on any atom is 0.142 e. The molecule has 18 heavy (non-hydrogen) atoms. The second-order valence-corrected chi connectivity index (χ2v) is 4.63. The molecule has 0 saturated carbocycles. The highest BCUT2D eigenvalue weighted by Crippen LogP contribution is 2.39. The topological polar surface area (TPSA) is 62.7 Å². The number of hydrogen-bond acceptors (Lipinski definition) is 3. The van der Waals surface area contributed by atoms with Gasteiger partial charge in [0.2, 0.25) is 0 Å². The molecule has 0 aliphatic carbocycles. The van der Waals surface area contributed by atoms with Crippen molar-refractivity contribution in [2.75, 3.05) is 5.73 Å². The smallest absolute Gasteiger partial charge is 0.142 e. The van der Waals surface area contributed by atoms with Gasteiger partial charge in [0.15, 0.2) is 0 Å². The molecule has 90 valence electrons. The van der Waals surface area contributed by atoms with E-state index in [-0.39, 0.29) is 16.5 Å². The quantitative estimate of drug-likeness (QED) is 0.804. The van der Waals surface area contributed by atoms with Crippen LogP contribution in [0.2, 0.25) is 15.1 Å². The van der Waals surface area contributed by atoms with E-state index in [4.69, 9.17) is 45.8 Å². The van der Waals surface area contributed by atoms with Gasteiger partial charge in [0.25, 0.3) is 0 Å². The molecule has 0 aliphatic rings. The standard InChI is InChI=1S/C12H6Cl3N3/c13-9-4-3-7(10(14)11(9)15)8-2-1-6(5-16)18-12(8)17/h1-4H,(H2,17,18). The lowest BCUT2D eigenvalue weighted by Gasteiger charge is -2.09. The first-order chi connectivity index (χ1) is 8.54. The van der Waals surface area contributed by atoms with Gasteiger partial charge in [-0.15, -0.1) is 0 Å². The summed E-state index contributed by atoms with van der Waals surface area (Å²) in [6, 6.07) is 8.48. The summed E-state index contributed by atoms with van der Waals surface area (Å²) in [5, 5.41) is 9.66.